The van der Waals surface area contributed by atoms with Crippen LogP contribution in [0.15, 0.2) is 48.5 Å². The summed E-state index contributed by atoms with van der Waals surface area (Å²) in [5.74, 6) is 0.633. The first-order valence-electron chi connectivity index (χ1n) is 7.74. The van der Waals surface area contributed by atoms with Crippen molar-refractivity contribution >= 4 is 0 Å². The molecule has 2 heteroatoms. The lowest BCUT2D eigenvalue weighted by Gasteiger charge is -2.07. The first-order valence-corrected chi connectivity index (χ1v) is 7.74. The van der Waals surface area contributed by atoms with Crippen molar-refractivity contribution in [1.29, 1.82) is 0 Å². The SMILES string of the molecule is CC.CCCCc1ccc(OCc2ccc(F)cc2)cc1. The number of unbranched alkanes of at least 4 members (excludes halogenated alkanes) is 1. The van der Waals surface area contributed by atoms with E-state index in [0.29, 0.717) is 6.61 Å². The zero-order chi connectivity index (χ0) is 15.5. The number of benzene rings is 2. The average molecular weight is 288 g/mol. The third-order valence-electron chi connectivity index (χ3n) is 3.06. The summed E-state index contributed by atoms with van der Waals surface area (Å²) in [5.41, 5.74) is 2.31. The molecule has 0 bridgehead atoms. The van der Waals surface area contributed by atoms with Crippen molar-refractivity contribution in [2.45, 2.75) is 46.6 Å². The van der Waals surface area contributed by atoms with Gasteiger partial charge in [-0.2, -0.15) is 0 Å². The van der Waals surface area contributed by atoms with Crippen LogP contribution in [0.1, 0.15) is 44.7 Å². The Labute approximate surface area is 127 Å². The van der Waals surface area contributed by atoms with Crippen molar-refractivity contribution in [2.75, 3.05) is 0 Å². The van der Waals surface area contributed by atoms with Crippen molar-refractivity contribution < 1.29 is 9.13 Å². The third-order valence-corrected chi connectivity index (χ3v) is 3.06. The van der Waals surface area contributed by atoms with Gasteiger partial charge in [-0.05, 0) is 48.2 Å². The van der Waals surface area contributed by atoms with Crippen molar-refractivity contribution in [2.24, 2.45) is 0 Å². The Morgan fingerprint density at radius 2 is 1.43 bits per heavy atom. The maximum atomic E-state index is 12.8. The van der Waals surface area contributed by atoms with E-state index in [1.807, 2.05) is 26.0 Å². The van der Waals surface area contributed by atoms with Gasteiger partial charge in [0.2, 0.25) is 0 Å². The van der Waals surface area contributed by atoms with Gasteiger partial charge in [0.25, 0.3) is 0 Å². The van der Waals surface area contributed by atoms with E-state index in [1.165, 1.54) is 30.5 Å². The van der Waals surface area contributed by atoms with E-state index in [9.17, 15) is 4.39 Å². The third kappa shape index (κ3) is 6.44. The highest BCUT2D eigenvalue weighted by molar-refractivity contribution is 5.28. The Hall–Kier alpha value is -1.83. The maximum absolute atomic E-state index is 12.8. The topological polar surface area (TPSA) is 9.23 Å². The fraction of sp³-hybridized carbons (Fsp3) is 0.368. The molecule has 0 amide bonds. The number of aryl methyl sites for hydroxylation is 1. The maximum Gasteiger partial charge on any atom is 0.123 e. The van der Waals surface area contributed by atoms with Gasteiger partial charge < -0.3 is 4.74 Å². The number of hydrogen-bond donors (Lipinski definition) is 0. The molecule has 0 saturated heterocycles. The zero-order valence-electron chi connectivity index (χ0n) is 13.2. The molecule has 0 N–H and O–H groups in total. The number of hydrogen-bond acceptors (Lipinski definition) is 1. The highest BCUT2D eigenvalue weighted by Crippen LogP contribution is 2.15. The zero-order valence-corrected chi connectivity index (χ0v) is 13.2. The predicted molar refractivity (Wildman–Crippen MR) is 87.1 cm³/mol. The van der Waals surface area contributed by atoms with Gasteiger partial charge in [-0.3, -0.25) is 0 Å². The lowest BCUT2D eigenvalue weighted by molar-refractivity contribution is 0.306. The van der Waals surface area contributed by atoms with Gasteiger partial charge in [0.05, 0.1) is 0 Å². The molecule has 0 atom stereocenters. The van der Waals surface area contributed by atoms with Crippen LogP contribution in [0, 0.1) is 5.82 Å². The molecule has 1 nitrogen and oxygen atoms in total. The first kappa shape index (κ1) is 17.2. The summed E-state index contributed by atoms with van der Waals surface area (Å²) in [6, 6.07) is 14.6. The van der Waals surface area contributed by atoms with Gasteiger partial charge in [0.1, 0.15) is 18.2 Å². The Morgan fingerprint density at radius 3 is 2.00 bits per heavy atom. The smallest absolute Gasteiger partial charge is 0.123 e. The lowest BCUT2D eigenvalue weighted by Crippen LogP contribution is -1.95. The summed E-state index contributed by atoms with van der Waals surface area (Å²) in [6.07, 6.45) is 3.55. The molecule has 2 rings (SSSR count). The number of halogens is 1. The summed E-state index contributed by atoms with van der Waals surface area (Å²) >= 11 is 0. The molecule has 0 saturated carbocycles. The van der Waals surface area contributed by atoms with E-state index in [4.69, 9.17) is 4.74 Å². The van der Waals surface area contributed by atoms with Crippen LogP contribution in [0.2, 0.25) is 0 Å². The van der Waals surface area contributed by atoms with E-state index >= 15 is 0 Å². The standard InChI is InChI=1S/C17H19FO.C2H6/c1-2-3-4-14-7-11-17(12-8-14)19-13-15-5-9-16(18)10-6-15;1-2/h5-12H,2-4,13H2,1H3;1-2H3. The largest absolute Gasteiger partial charge is 0.489 e. The van der Waals surface area contributed by atoms with E-state index in [-0.39, 0.29) is 5.82 Å². The highest BCUT2D eigenvalue weighted by Gasteiger charge is 1.98. The summed E-state index contributed by atoms with van der Waals surface area (Å²) in [5, 5.41) is 0. The summed E-state index contributed by atoms with van der Waals surface area (Å²) in [6.45, 7) is 6.66. The van der Waals surface area contributed by atoms with Crippen LogP contribution in [0.4, 0.5) is 4.39 Å². The molecule has 0 spiro atoms. The van der Waals surface area contributed by atoms with Crippen molar-refractivity contribution in [3.8, 4) is 5.75 Å². The molecule has 21 heavy (non-hydrogen) atoms. The first-order chi connectivity index (χ1) is 10.3. The lowest BCUT2D eigenvalue weighted by atomic mass is 10.1. The second-order valence-electron chi connectivity index (χ2n) is 4.66. The van der Waals surface area contributed by atoms with Crippen LogP contribution in [0.3, 0.4) is 0 Å². The predicted octanol–water partition coefficient (Wildman–Crippen LogP) is 5.77. The quantitative estimate of drug-likeness (QED) is 0.655. The molecule has 0 aliphatic rings. The van der Waals surface area contributed by atoms with Gasteiger partial charge in [0, 0.05) is 0 Å². The Bertz CT molecular complexity index is 488. The monoisotopic (exact) mass is 288 g/mol. The average Bonchev–Trinajstić information content (AvgIpc) is 2.55. The van der Waals surface area contributed by atoms with E-state index in [1.54, 1.807) is 12.1 Å². The van der Waals surface area contributed by atoms with Crippen molar-refractivity contribution in [3.05, 3.63) is 65.5 Å². The molecule has 2 aromatic rings. The van der Waals surface area contributed by atoms with E-state index in [0.717, 1.165) is 17.7 Å². The molecule has 0 unspecified atom stereocenters. The van der Waals surface area contributed by atoms with Gasteiger partial charge >= 0.3 is 0 Å². The van der Waals surface area contributed by atoms with Crippen LogP contribution in [0.5, 0.6) is 5.75 Å². The van der Waals surface area contributed by atoms with Gasteiger partial charge in [-0.1, -0.05) is 51.5 Å². The summed E-state index contributed by atoms with van der Waals surface area (Å²) in [7, 11) is 0. The highest BCUT2D eigenvalue weighted by atomic mass is 19.1. The molecule has 0 heterocycles. The molecule has 2 aromatic carbocycles. The molecular formula is C19H25FO. The molecule has 0 aliphatic carbocycles. The minimum absolute atomic E-state index is 0.218. The van der Waals surface area contributed by atoms with Gasteiger partial charge in [-0.15, -0.1) is 0 Å². The van der Waals surface area contributed by atoms with Crippen LogP contribution in [-0.4, -0.2) is 0 Å². The van der Waals surface area contributed by atoms with Crippen molar-refractivity contribution in [1.82, 2.24) is 0 Å². The normalized spacial score (nSPS) is 9.71. The number of rotatable bonds is 6. The summed E-state index contributed by atoms with van der Waals surface area (Å²) < 4.78 is 18.4. The Balaban J connectivity index is 0.00000106. The summed E-state index contributed by atoms with van der Waals surface area (Å²) in [4.78, 5) is 0. The van der Waals surface area contributed by atoms with Crippen LogP contribution >= 0.6 is 0 Å². The van der Waals surface area contributed by atoms with Crippen molar-refractivity contribution in [3.63, 3.8) is 0 Å². The molecular weight excluding hydrogens is 263 g/mol. The van der Waals surface area contributed by atoms with E-state index < -0.39 is 0 Å². The Kier molecular flexibility index (Phi) is 8.18. The van der Waals surface area contributed by atoms with Gasteiger partial charge in [0.15, 0.2) is 0 Å². The fourth-order valence-electron chi connectivity index (χ4n) is 1.88. The molecule has 0 aliphatic heterocycles. The second kappa shape index (κ2) is 9.98. The van der Waals surface area contributed by atoms with E-state index in [2.05, 4.69) is 19.1 Å². The van der Waals surface area contributed by atoms with Gasteiger partial charge in [-0.25, -0.2) is 4.39 Å². The molecule has 0 aromatic heterocycles. The molecule has 114 valence electrons. The molecule has 0 radical (unpaired) electrons. The van der Waals surface area contributed by atoms with Crippen LogP contribution < -0.4 is 4.74 Å². The number of ether oxygens (including phenoxy) is 1. The fourth-order valence-corrected chi connectivity index (χ4v) is 1.88. The second-order valence-corrected chi connectivity index (χ2v) is 4.66. The molecule has 0 fully saturated rings. The van der Waals surface area contributed by atoms with Crippen LogP contribution in [-0.2, 0) is 13.0 Å². The van der Waals surface area contributed by atoms with Crippen LogP contribution in [0.25, 0.3) is 0 Å². The minimum Gasteiger partial charge on any atom is -0.489 e. The Morgan fingerprint density at radius 1 is 0.857 bits per heavy atom. The minimum atomic E-state index is -0.218.